The molecule has 0 radical (unpaired) electrons. The highest BCUT2D eigenvalue weighted by Crippen LogP contribution is 2.26. The summed E-state index contributed by atoms with van der Waals surface area (Å²) < 4.78 is 5.12. The zero-order chi connectivity index (χ0) is 15.3. The summed E-state index contributed by atoms with van der Waals surface area (Å²) in [5.41, 5.74) is 7.57. The van der Waals surface area contributed by atoms with Crippen molar-refractivity contribution in [1.29, 1.82) is 0 Å². The van der Waals surface area contributed by atoms with Crippen molar-refractivity contribution in [3.8, 4) is 0 Å². The van der Waals surface area contributed by atoms with Gasteiger partial charge >= 0.3 is 0 Å². The van der Waals surface area contributed by atoms with Gasteiger partial charge in [0.05, 0.1) is 12.2 Å². The van der Waals surface area contributed by atoms with Crippen LogP contribution in [-0.2, 0) is 11.3 Å². The normalized spacial score (nSPS) is 11.7. The van der Waals surface area contributed by atoms with Crippen LogP contribution < -0.4 is 5.73 Å². The lowest BCUT2D eigenvalue weighted by Crippen LogP contribution is -2.28. The van der Waals surface area contributed by atoms with Crippen molar-refractivity contribution in [3.05, 3.63) is 17.0 Å². The van der Waals surface area contributed by atoms with Crippen LogP contribution in [0.5, 0.6) is 0 Å². The topological polar surface area (TPSA) is 72.4 Å². The SMILES string of the molecule is Cc1noc(C)c1CN(C)C(=O)CCC(C)(C)CCN. The van der Waals surface area contributed by atoms with Crippen molar-refractivity contribution in [2.75, 3.05) is 13.6 Å². The summed E-state index contributed by atoms with van der Waals surface area (Å²) in [6.07, 6.45) is 2.34. The Kier molecular flexibility index (Phi) is 5.74. The zero-order valence-electron chi connectivity index (χ0n) is 13.3. The van der Waals surface area contributed by atoms with Gasteiger partial charge in [0.15, 0.2) is 0 Å². The molecule has 5 heteroatoms. The molecule has 0 atom stereocenters. The molecule has 1 heterocycles. The third-order valence-corrected chi connectivity index (χ3v) is 3.84. The Morgan fingerprint density at radius 3 is 2.50 bits per heavy atom. The van der Waals surface area contributed by atoms with Gasteiger partial charge in [-0.3, -0.25) is 4.79 Å². The molecule has 0 aliphatic carbocycles. The van der Waals surface area contributed by atoms with Gasteiger partial charge in [0.2, 0.25) is 5.91 Å². The minimum Gasteiger partial charge on any atom is -0.361 e. The second kappa shape index (κ2) is 6.88. The Bertz CT molecular complexity index is 432. The highest BCUT2D eigenvalue weighted by Gasteiger charge is 2.21. The fraction of sp³-hybridized carbons (Fsp3) is 0.733. The van der Waals surface area contributed by atoms with Gasteiger partial charge in [0.1, 0.15) is 5.76 Å². The van der Waals surface area contributed by atoms with Crippen LogP contribution in [0.4, 0.5) is 0 Å². The molecule has 20 heavy (non-hydrogen) atoms. The van der Waals surface area contributed by atoms with E-state index in [9.17, 15) is 4.79 Å². The maximum absolute atomic E-state index is 12.2. The highest BCUT2D eigenvalue weighted by atomic mass is 16.5. The maximum atomic E-state index is 12.2. The van der Waals surface area contributed by atoms with Crippen LogP contribution in [0.1, 0.15) is 50.1 Å². The third-order valence-electron chi connectivity index (χ3n) is 3.84. The first-order valence-electron chi connectivity index (χ1n) is 7.12. The largest absolute Gasteiger partial charge is 0.361 e. The van der Waals surface area contributed by atoms with E-state index in [1.54, 1.807) is 4.90 Å². The van der Waals surface area contributed by atoms with Crippen LogP contribution in [0.3, 0.4) is 0 Å². The molecule has 0 aliphatic heterocycles. The van der Waals surface area contributed by atoms with Crippen LogP contribution in [0.2, 0.25) is 0 Å². The van der Waals surface area contributed by atoms with Crippen molar-refractivity contribution in [3.63, 3.8) is 0 Å². The maximum Gasteiger partial charge on any atom is 0.222 e. The van der Waals surface area contributed by atoms with E-state index in [0.717, 1.165) is 29.9 Å². The van der Waals surface area contributed by atoms with E-state index in [1.165, 1.54) is 0 Å². The molecular weight excluding hydrogens is 254 g/mol. The summed E-state index contributed by atoms with van der Waals surface area (Å²) in [6.45, 7) is 9.29. The monoisotopic (exact) mass is 281 g/mol. The third kappa shape index (κ3) is 4.63. The Morgan fingerprint density at radius 1 is 1.35 bits per heavy atom. The van der Waals surface area contributed by atoms with Crippen LogP contribution >= 0.6 is 0 Å². The number of hydrogen-bond donors (Lipinski definition) is 1. The minimum absolute atomic E-state index is 0.119. The number of carbonyl (C=O) groups excluding carboxylic acids is 1. The molecule has 0 bridgehead atoms. The lowest BCUT2D eigenvalue weighted by atomic mass is 9.84. The van der Waals surface area contributed by atoms with Crippen molar-refractivity contribution >= 4 is 5.91 Å². The molecule has 0 aliphatic rings. The van der Waals surface area contributed by atoms with E-state index in [0.29, 0.717) is 19.5 Å². The molecule has 0 spiro atoms. The fourth-order valence-electron chi connectivity index (χ4n) is 2.20. The predicted octanol–water partition coefficient (Wildman–Crippen LogP) is 2.41. The molecule has 1 amide bonds. The quantitative estimate of drug-likeness (QED) is 0.833. The van der Waals surface area contributed by atoms with Gasteiger partial charge in [-0.2, -0.15) is 0 Å². The molecule has 1 rings (SSSR count). The molecule has 0 aromatic carbocycles. The summed E-state index contributed by atoms with van der Waals surface area (Å²) >= 11 is 0. The Balaban J connectivity index is 2.52. The van der Waals surface area contributed by atoms with E-state index in [2.05, 4.69) is 19.0 Å². The van der Waals surface area contributed by atoms with Crippen molar-refractivity contribution < 1.29 is 9.32 Å². The molecule has 114 valence electrons. The Labute approximate surface area is 121 Å². The number of hydrogen-bond acceptors (Lipinski definition) is 4. The lowest BCUT2D eigenvalue weighted by Gasteiger charge is -2.25. The Hall–Kier alpha value is -1.36. The first kappa shape index (κ1) is 16.7. The van der Waals surface area contributed by atoms with Gasteiger partial charge in [-0.15, -0.1) is 0 Å². The second-order valence-electron chi connectivity index (χ2n) is 6.26. The van der Waals surface area contributed by atoms with Crippen LogP contribution in [0.25, 0.3) is 0 Å². The van der Waals surface area contributed by atoms with E-state index in [1.807, 2.05) is 20.9 Å². The number of nitrogens with zero attached hydrogens (tertiary/aromatic N) is 2. The second-order valence-corrected chi connectivity index (χ2v) is 6.26. The number of aromatic nitrogens is 1. The summed E-state index contributed by atoms with van der Waals surface area (Å²) in [4.78, 5) is 13.9. The van der Waals surface area contributed by atoms with E-state index in [-0.39, 0.29) is 11.3 Å². The molecule has 0 saturated heterocycles. The van der Waals surface area contributed by atoms with Crippen LogP contribution in [0, 0.1) is 19.3 Å². The fourth-order valence-corrected chi connectivity index (χ4v) is 2.20. The summed E-state index contributed by atoms with van der Waals surface area (Å²) in [5, 5.41) is 3.91. The number of nitrogens with two attached hydrogens (primary N) is 1. The number of aryl methyl sites for hydroxylation is 2. The Morgan fingerprint density at radius 2 is 2.00 bits per heavy atom. The van der Waals surface area contributed by atoms with Gasteiger partial charge in [-0.05, 0) is 38.6 Å². The zero-order valence-corrected chi connectivity index (χ0v) is 13.3. The van der Waals surface area contributed by atoms with E-state index >= 15 is 0 Å². The van der Waals surface area contributed by atoms with Gasteiger partial charge in [-0.1, -0.05) is 19.0 Å². The number of rotatable bonds is 7. The van der Waals surface area contributed by atoms with Crippen molar-refractivity contribution in [2.24, 2.45) is 11.1 Å². The highest BCUT2D eigenvalue weighted by molar-refractivity contribution is 5.75. The smallest absolute Gasteiger partial charge is 0.222 e. The predicted molar refractivity (Wildman–Crippen MR) is 79.1 cm³/mol. The van der Waals surface area contributed by atoms with Crippen molar-refractivity contribution in [2.45, 2.75) is 53.5 Å². The average molecular weight is 281 g/mol. The lowest BCUT2D eigenvalue weighted by molar-refractivity contribution is -0.131. The van der Waals surface area contributed by atoms with E-state index in [4.69, 9.17) is 10.3 Å². The molecule has 0 saturated carbocycles. The van der Waals surface area contributed by atoms with Crippen LogP contribution in [0.15, 0.2) is 4.52 Å². The van der Waals surface area contributed by atoms with E-state index < -0.39 is 0 Å². The van der Waals surface area contributed by atoms with Crippen LogP contribution in [-0.4, -0.2) is 29.6 Å². The minimum atomic E-state index is 0.119. The standard InChI is InChI=1S/C15H27N3O2/c1-11-13(12(2)20-17-11)10-18(5)14(19)6-7-15(3,4)8-9-16/h6-10,16H2,1-5H3. The van der Waals surface area contributed by atoms with Gasteiger partial charge in [-0.25, -0.2) is 0 Å². The first-order chi connectivity index (χ1) is 9.26. The van der Waals surface area contributed by atoms with Gasteiger partial charge in [0.25, 0.3) is 0 Å². The summed E-state index contributed by atoms with van der Waals surface area (Å²) in [5.74, 6) is 0.931. The molecule has 0 fully saturated rings. The molecule has 2 N–H and O–H groups in total. The summed E-state index contributed by atoms with van der Waals surface area (Å²) in [7, 11) is 1.82. The summed E-state index contributed by atoms with van der Waals surface area (Å²) in [6, 6.07) is 0. The molecule has 5 nitrogen and oxygen atoms in total. The van der Waals surface area contributed by atoms with Gasteiger partial charge in [0, 0.05) is 19.0 Å². The van der Waals surface area contributed by atoms with Gasteiger partial charge < -0.3 is 15.2 Å². The first-order valence-corrected chi connectivity index (χ1v) is 7.12. The number of amides is 1. The number of carbonyl (C=O) groups is 1. The molecule has 1 aromatic rings. The molecule has 1 aromatic heterocycles. The van der Waals surface area contributed by atoms with Crippen molar-refractivity contribution in [1.82, 2.24) is 10.1 Å². The molecular formula is C15H27N3O2. The average Bonchev–Trinajstić information content (AvgIpc) is 2.67. The molecule has 0 unspecified atom stereocenters.